The Bertz CT molecular complexity index is 1300. The summed E-state index contributed by atoms with van der Waals surface area (Å²) in [6, 6.07) is 45.3. The molecule has 0 aliphatic heterocycles. The van der Waals surface area contributed by atoms with Crippen molar-refractivity contribution in [1.82, 2.24) is 0 Å². The average molecular weight is 948 g/mol. The van der Waals surface area contributed by atoms with E-state index < -0.39 is 0 Å². The lowest BCUT2D eigenvalue weighted by molar-refractivity contribution is 0.383. The first kappa shape index (κ1) is 73.7. The fourth-order valence-electron chi connectivity index (χ4n) is 9.13. The van der Waals surface area contributed by atoms with Crippen LogP contribution in [-0.2, 0) is 10.8 Å². The molecule has 0 aromatic heterocycles. The smallest absolute Gasteiger partial charge is 0.0319 e. The second-order valence-corrected chi connectivity index (χ2v) is 16.1. The summed E-state index contributed by atoms with van der Waals surface area (Å²) >= 11 is 0. The Hall–Kier alpha value is -3.28. The summed E-state index contributed by atoms with van der Waals surface area (Å²) in [7, 11) is 4.00. The van der Waals surface area contributed by atoms with Gasteiger partial charge in [0.25, 0.3) is 0 Å². The van der Waals surface area contributed by atoms with E-state index in [-0.39, 0.29) is 10.8 Å². The molecule has 2 aliphatic rings. The lowest BCUT2D eigenvalue weighted by Crippen LogP contribution is -2.28. The van der Waals surface area contributed by atoms with Crippen molar-refractivity contribution in [1.29, 1.82) is 0 Å². The molecule has 0 saturated heterocycles. The standard InChI is InChI=1S/C25H34.C24H32.C3H8.4C2H6.4CH4O/c1-2-4-6-8-16-22-25(21-15-7-5-3-1,23-17-11-9-12-18-23)24-19-13-10-14-20-24;1-2-4-6-14-20-24(21-15-7-5-3-1,22-16-10-8-11-17-22)23-18-12-9-13-19-23;1-3-2;8*1-2/h9-14,17-20H,1-8,15-16,21-22H2;8-13,16-19H,1-7,14-15,20-21H2;3H2,1-2H3;4*1-2H3;4*2H,1H3. The normalized spacial score (nSPS) is 15.3. The van der Waals surface area contributed by atoms with Gasteiger partial charge in [0.05, 0.1) is 0 Å². The summed E-state index contributed by atoms with van der Waals surface area (Å²) in [5, 5.41) is 28.0. The van der Waals surface area contributed by atoms with Crippen LogP contribution in [0.25, 0.3) is 0 Å². The van der Waals surface area contributed by atoms with E-state index in [9.17, 15) is 0 Å². The third kappa shape index (κ3) is 32.5. The largest absolute Gasteiger partial charge is 0.400 e. The highest BCUT2D eigenvalue weighted by Crippen LogP contribution is 2.43. The van der Waals surface area contributed by atoms with Gasteiger partial charge in [0.2, 0.25) is 0 Å². The predicted molar refractivity (Wildman–Crippen MR) is 307 cm³/mol. The van der Waals surface area contributed by atoms with Gasteiger partial charge >= 0.3 is 0 Å². The summed E-state index contributed by atoms with van der Waals surface area (Å²) in [6.45, 7) is 20.2. The molecule has 4 nitrogen and oxygen atoms in total. The van der Waals surface area contributed by atoms with Gasteiger partial charge in [0.15, 0.2) is 0 Å². The van der Waals surface area contributed by atoms with Crippen LogP contribution in [0.3, 0.4) is 0 Å². The van der Waals surface area contributed by atoms with Crippen LogP contribution < -0.4 is 0 Å². The summed E-state index contributed by atoms with van der Waals surface area (Å²) in [5.41, 5.74) is 6.51. The first-order chi connectivity index (χ1) is 33.7. The predicted octanol–water partition coefficient (Wildman–Crippen LogP) is 18.9. The Balaban J connectivity index is -0.000000288. The average Bonchev–Trinajstić information content (AvgIpc) is 3.47. The van der Waals surface area contributed by atoms with Crippen LogP contribution in [0.1, 0.15) is 246 Å². The van der Waals surface area contributed by atoms with E-state index in [0.29, 0.717) is 0 Å². The zero-order valence-corrected chi connectivity index (χ0v) is 47.3. The minimum atomic E-state index is 0.205. The quantitative estimate of drug-likeness (QED) is 0.164. The molecular formula is C64H114O4. The fourth-order valence-corrected chi connectivity index (χ4v) is 9.13. The zero-order valence-electron chi connectivity index (χ0n) is 47.3. The first-order valence-corrected chi connectivity index (χ1v) is 27.8. The van der Waals surface area contributed by atoms with E-state index in [1.165, 1.54) is 176 Å². The van der Waals surface area contributed by atoms with Crippen molar-refractivity contribution in [3.05, 3.63) is 144 Å². The van der Waals surface area contributed by atoms with E-state index >= 15 is 0 Å². The van der Waals surface area contributed by atoms with Crippen LogP contribution in [0.2, 0.25) is 0 Å². The van der Waals surface area contributed by atoms with E-state index in [1.807, 2.05) is 55.4 Å². The monoisotopic (exact) mass is 947 g/mol. The Morgan fingerprint density at radius 3 is 0.500 bits per heavy atom. The molecule has 0 bridgehead atoms. The minimum absolute atomic E-state index is 0.205. The molecule has 0 spiro atoms. The SMILES string of the molecule is CC.CC.CC.CC.CCC.CO.CO.CO.CO.c1ccc(C2(c3ccccc3)CCCCCCCCCCC2)cc1.c1ccc(C2(c3ccccc3)CCCCCCCCCCCC2)cc1. The number of hydrogen-bond donors (Lipinski definition) is 4. The maximum atomic E-state index is 7.00. The van der Waals surface area contributed by atoms with Gasteiger partial charge in [-0.3, -0.25) is 0 Å². The van der Waals surface area contributed by atoms with Gasteiger partial charge in [-0.25, -0.2) is 0 Å². The van der Waals surface area contributed by atoms with Crippen molar-refractivity contribution < 1.29 is 20.4 Å². The topological polar surface area (TPSA) is 80.9 Å². The van der Waals surface area contributed by atoms with Crippen LogP contribution in [0.15, 0.2) is 121 Å². The third-order valence-electron chi connectivity index (χ3n) is 12.0. The molecule has 0 amide bonds. The molecule has 2 fully saturated rings. The molecule has 4 N–H and O–H groups in total. The van der Waals surface area contributed by atoms with Crippen molar-refractivity contribution in [2.45, 2.75) is 234 Å². The lowest BCUT2D eigenvalue weighted by Gasteiger charge is -2.36. The van der Waals surface area contributed by atoms with E-state index in [0.717, 1.165) is 28.4 Å². The van der Waals surface area contributed by atoms with Crippen LogP contribution in [0.4, 0.5) is 0 Å². The van der Waals surface area contributed by atoms with Crippen molar-refractivity contribution in [3.8, 4) is 0 Å². The Labute approximate surface area is 424 Å². The van der Waals surface area contributed by atoms with E-state index in [4.69, 9.17) is 20.4 Å². The van der Waals surface area contributed by atoms with Gasteiger partial charge in [-0.1, -0.05) is 319 Å². The maximum absolute atomic E-state index is 7.00. The minimum Gasteiger partial charge on any atom is -0.400 e. The molecule has 6 rings (SSSR count). The summed E-state index contributed by atoms with van der Waals surface area (Å²) in [6.07, 6.45) is 33.1. The van der Waals surface area contributed by atoms with Crippen LogP contribution in [0, 0.1) is 0 Å². The van der Waals surface area contributed by atoms with Gasteiger partial charge in [-0.05, 0) is 47.9 Å². The summed E-state index contributed by atoms with van der Waals surface area (Å²) < 4.78 is 0. The second kappa shape index (κ2) is 59.8. The van der Waals surface area contributed by atoms with E-state index in [1.54, 1.807) is 0 Å². The van der Waals surface area contributed by atoms with Crippen molar-refractivity contribution >= 4 is 0 Å². The highest BCUT2D eigenvalue weighted by atomic mass is 16.2. The first-order valence-electron chi connectivity index (χ1n) is 27.8. The Morgan fingerprint density at radius 1 is 0.250 bits per heavy atom. The van der Waals surface area contributed by atoms with E-state index in [2.05, 4.69) is 135 Å². The third-order valence-corrected chi connectivity index (χ3v) is 12.0. The van der Waals surface area contributed by atoms with Gasteiger partial charge in [-0.15, -0.1) is 0 Å². The van der Waals surface area contributed by atoms with Gasteiger partial charge < -0.3 is 20.4 Å². The van der Waals surface area contributed by atoms with Gasteiger partial charge in [-0.2, -0.15) is 0 Å². The summed E-state index contributed by atoms with van der Waals surface area (Å²) in [4.78, 5) is 0. The number of benzene rings is 4. The second-order valence-electron chi connectivity index (χ2n) is 16.1. The van der Waals surface area contributed by atoms with Crippen LogP contribution in [-0.4, -0.2) is 48.9 Å². The molecular weight excluding hydrogens is 833 g/mol. The number of aliphatic hydroxyl groups is 4. The number of hydrogen-bond acceptors (Lipinski definition) is 4. The molecule has 2 aliphatic carbocycles. The molecule has 4 aromatic rings. The highest BCUT2D eigenvalue weighted by Gasteiger charge is 2.34. The fraction of sp³-hybridized carbons (Fsp3) is 0.625. The van der Waals surface area contributed by atoms with Crippen molar-refractivity contribution in [2.75, 3.05) is 28.4 Å². The van der Waals surface area contributed by atoms with Gasteiger partial charge in [0.1, 0.15) is 0 Å². The number of rotatable bonds is 4. The molecule has 0 atom stereocenters. The van der Waals surface area contributed by atoms with Crippen LogP contribution in [0.5, 0.6) is 0 Å². The molecule has 394 valence electrons. The Kier molecular flexibility index (Phi) is 64.8. The molecule has 4 heteroatoms. The molecule has 2 saturated carbocycles. The van der Waals surface area contributed by atoms with Gasteiger partial charge in [0, 0.05) is 39.3 Å². The molecule has 0 heterocycles. The summed E-state index contributed by atoms with van der Waals surface area (Å²) in [5.74, 6) is 0. The molecule has 68 heavy (non-hydrogen) atoms. The van der Waals surface area contributed by atoms with Crippen molar-refractivity contribution in [2.24, 2.45) is 0 Å². The van der Waals surface area contributed by atoms with Crippen LogP contribution >= 0.6 is 0 Å². The molecule has 0 unspecified atom stereocenters. The number of aliphatic hydroxyl groups excluding tert-OH is 4. The van der Waals surface area contributed by atoms with Crippen molar-refractivity contribution in [3.63, 3.8) is 0 Å². The maximum Gasteiger partial charge on any atom is 0.0319 e. The zero-order chi connectivity index (χ0) is 52.4. The highest BCUT2D eigenvalue weighted by molar-refractivity contribution is 5.40. The Morgan fingerprint density at radius 2 is 0.368 bits per heavy atom. The lowest BCUT2D eigenvalue weighted by atomic mass is 9.68. The molecule has 0 radical (unpaired) electrons. The molecule has 4 aromatic carbocycles.